The minimum Gasteiger partial charge on any atom is -0.352 e. The van der Waals surface area contributed by atoms with Crippen molar-refractivity contribution in [3.8, 4) is 11.8 Å². The third kappa shape index (κ3) is 4.19. The smallest absolute Gasteiger partial charge is 0.252 e. The lowest BCUT2D eigenvalue weighted by atomic mass is 10.2. The van der Waals surface area contributed by atoms with Gasteiger partial charge in [-0.05, 0) is 23.9 Å². The van der Waals surface area contributed by atoms with E-state index in [1.807, 2.05) is 11.4 Å². The first-order valence-electron chi connectivity index (χ1n) is 6.24. The lowest BCUT2D eigenvalue weighted by Gasteiger charge is -2.04. The van der Waals surface area contributed by atoms with Crippen LogP contribution in [0.2, 0.25) is 0 Å². The van der Waals surface area contributed by atoms with Crippen molar-refractivity contribution in [1.29, 1.82) is 0 Å². The lowest BCUT2D eigenvalue weighted by Crippen LogP contribution is -2.25. The van der Waals surface area contributed by atoms with E-state index >= 15 is 0 Å². The Morgan fingerprint density at radius 2 is 2.35 bits per heavy atom. The van der Waals surface area contributed by atoms with Crippen LogP contribution in [0.1, 0.15) is 20.8 Å². The molecule has 0 spiro atoms. The molecule has 0 saturated carbocycles. The van der Waals surface area contributed by atoms with Gasteiger partial charge in [-0.3, -0.25) is 9.78 Å². The zero-order valence-corrected chi connectivity index (χ0v) is 11.7. The molecule has 102 valence electrons. The van der Waals surface area contributed by atoms with E-state index in [1.54, 1.807) is 23.6 Å². The van der Waals surface area contributed by atoms with E-state index in [4.69, 9.17) is 5.73 Å². The van der Waals surface area contributed by atoms with E-state index < -0.39 is 0 Å². The topological polar surface area (TPSA) is 68.0 Å². The zero-order chi connectivity index (χ0) is 14.2. The maximum absolute atomic E-state index is 12.0. The fourth-order valence-electron chi connectivity index (χ4n) is 1.64. The van der Waals surface area contributed by atoms with Crippen molar-refractivity contribution < 1.29 is 4.79 Å². The van der Waals surface area contributed by atoms with Crippen molar-refractivity contribution in [2.75, 3.05) is 13.1 Å². The number of nitrogens with one attached hydrogen (secondary N) is 1. The van der Waals surface area contributed by atoms with Crippen LogP contribution in [0.5, 0.6) is 0 Å². The van der Waals surface area contributed by atoms with Crippen LogP contribution in [-0.4, -0.2) is 24.0 Å². The molecule has 0 saturated heterocycles. The monoisotopic (exact) mass is 285 g/mol. The summed E-state index contributed by atoms with van der Waals surface area (Å²) in [5.41, 5.74) is 6.52. The summed E-state index contributed by atoms with van der Waals surface area (Å²) in [5.74, 6) is 5.47. The first-order chi connectivity index (χ1) is 9.79. The first kappa shape index (κ1) is 14.3. The van der Waals surface area contributed by atoms with Gasteiger partial charge in [0.25, 0.3) is 5.91 Å². The molecule has 20 heavy (non-hydrogen) atoms. The average molecular weight is 285 g/mol. The molecule has 2 rings (SSSR count). The summed E-state index contributed by atoms with van der Waals surface area (Å²) < 4.78 is 0. The Balaban J connectivity index is 1.91. The lowest BCUT2D eigenvalue weighted by molar-refractivity contribution is 0.0954. The summed E-state index contributed by atoms with van der Waals surface area (Å²) in [6.45, 7) is 0.898. The number of aromatic nitrogens is 1. The third-order valence-electron chi connectivity index (χ3n) is 2.57. The largest absolute Gasteiger partial charge is 0.352 e. The van der Waals surface area contributed by atoms with Gasteiger partial charge in [-0.2, -0.15) is 0 Å². The molecule has 2 aromatic rings. The van der Waals surface area contributed by atoms with Gasteiger partial charge in [-0.15, -0.1) is 11.3 Å². The minimum atomic E-state index is -0.134. The van der Waals surface area contributed by atoms with Crippen molar-refractivity contribution in [3.63, 3.8) is 0 Å². The van der Waals surface area contributed by atoms with Gasteiger partial charge in [0.15, 0.2) is 0 Å². The molecule has 4 nitrogen and oxygen atoms in total. The molecule has 0 bridgehead atoms. The molecular weight excluding hydrogens is 270 g/mol. The van der Waals surface area contributed by atoms with Gasteiger partial charge in [0.2, 0.25) is 0 Å². The van der Waals surface area contributed by atoms with E-state index in [0.717, 1.165) is 6.42 Å². The second-order valence-electron chi connectivity index (χ2n) is 4.05. The molecule has 0 aliphatic heterocycles. The number of rotatable bonds is 4. The number of carbonyl (C=O) groups excluding carboxylic acids is 1. The van der Waals surface area contributed by atoms with Crippen LogP contribution in [-0.2, 0) is 6.42 Å². The number of pyridine rings is 1. The molecule has 2 heterocycles. The molecule has 0 aliphatic rings. The number of thiophene rings is 1. The molecule has 0 radical (unpaired) electrons. The standard InChI is InChI=1S/C15H15N3OS/c16-6-1-3-12-9-13(11-17-10-12)15(19)18-7-5-14-4-2-8-20-14/h2,4,8-11H,5-7,16H2,(H,18,19). The van der Waals surface area contributed by atoms with Crippen LogP contribution in [0.3, 0.4) is 0 Å². The summed E-state index contributed by atoms with van der Waals surface area (Å²) in [6, 6.07) is 5.78. The molecule has 0 unspecified atom stereocenters. The van der Waals surface area contributed by atoms with Crippen molar-refractivity contribution in [3.05, 3.63) is 52.0 Å². The summed E-state index contributed by atoms with van der Waals surface area (Å²) in [5, 5.41) is 4.90. The quantitative estimate of drug-likeness (QED) is 0.835. The second kappa shape index (κ2) is 7.43. The Hall–Kier alpha value is -2.16. The van der Waals surface area contributed by atoms with Gasteiger partial charge in [0.1, 0.15) is 0 Å². The van der Waals surface area contributed by atoms with Gasteiger partial charge < -0.3 is 11.1 Å². The highest BCUT2D eigenvalue weighted by atomic mass is 32.1. The summed E-state index contributed by atoms with van der Waals surface area (Å²) >= 11 is 1.69. The summed E-state index contributed by atoms with van der Waals surface area (Å²) in [6.07, 6.45) is 3.99. The molecule has 0 atom stereocenters. The fraction of sp³-hybridized carbons (Fsp3) is 0.200. The van der Waals surface area contributed by atoms with Crippen LogP contribution in [0.25, 0.3) is 0 Å². The highest BCUT2D eigenvalue weighted by molar-refractivity contribution is 7.09. The maximum Gasteiger partial charge on any atom is 0.252 e. The van der Waals surface area contributed by atoms with E-state index in [-0.39, 0.29) is 12.5 Å². The normalized spacial score (nSPS) is 9.65. The number of hydrogen-bond donors (Lipinski definition) is 2. The zero-order valence-electron chi connectivity index (χ0n) is 10.9. The Bertz CT molecular complexity index is 626. The minimum absolute atomic E-state index is 0.134. The van der Waals surface area contributed by atoms with Crippen LogP contribution in [0, 0.1) is 11.8 Å². The number of carbonyl (C=O) groups is 1. The molecule has 0 fully saturated rings. The van der Waals surface area contributed by atoms with Crippen molar-refractivity contribution >= 4 is 17.2 Å². The molecular formula is C15H15N3OS. The Morgan fingerprint density at radius 1 is 1.45 bits per heavy atom. The maximum atomic E-state index is 12.0. The van der Waals surface area contributed by atoms with E-state index in [1.165, 1.54) is 11.1 Å². The van der Waals surface area contributed by atoms with Crippen molar-refractivity contribution in [2.24, 2.45) is 5.73 Å². The summed E-state index contributed by atoms with van der Waals surface area (Å²) in [4.78, 5) is 17.2. The van der Waals surface area contributed by atoms with E-state index in [0.29, 0.717) is 17.7 Å². The molecule has 3 N–H and O–H groups in total. The second-order valence-corrected chi connectivity index (χ2v) is 5.09. The highest BCUT2D eigenvalue weighted by Gasteiger charge is 2.06. The number of nitrogens with two attached hydrogens (primary N) is 1. The first-order valence-corrected chi connectivity index (χ1v) is 7.12. The predicted molar refractivity (Wildman–Crippen MR) is 80.5 cm³/mol. The highest BCUT2D eigenvalue weighted by Crippen LogP contribution is 2.08. The van der Waals surface area contributed by atoms with Crippen LogP contribution in [0.15, 0.2) is 36.0 Å². The summed E-state index contributed by atoms with van der Waals surface area (Å²) in [7, 11) is 0. The number of amides is 1. The van der Waals surface area contributed by atoms with Crippen molar-refractivity contribution in [2.45, 2.75) is 6.42 Å². The van der Waals surface area contributed by atoms with Crippen molar-refractivity contribution in [1.82, 2.24) is 10.3 Å². The van der Waals surface area contributed by atoms with Crippen LogP contribution in [0.4, 0.5) is 0 Å². The number of nitrogens with zero attached hydrogens (tertiary/aromatic N) is 1. The Labute approximate surface area is 122 Å². The van der Waals surface area contributed by atoms with Gasteiger partial charge >= 0.3 is 0 Å². The number of hydrogen-bond acceptors (Lipinski definition) is 4. The van der Waals surface area contributed by atoms with Gasteiger partial charge in [-0.25, -0.2) is 0 Å². The van der Waals surface area contributed by atoms with Gasteiger partial charge in [0, 0.05) is 29.4 Å². The molecule has 5 heteroatoms. The molecule has 2 aromatic heterocycles. The van der Waals surface area contributed by atoms with Crippen LogP contribution < -0.4 is 11.1 Å². The molecule has 0 aromatic carbocycles. The van der Waals surface area contributed by atoms with E-state index in [2.05, 4.69) is 28.2 Å². The SMILES string of the molecule is NCC#Cc1cncc(C(=O)NCCc2cccs2)c1. The Morgan fingerprint density at radius 3 is 3.10 bits per heavy atom. The van der Waals surface area contributed by atoms with Gasteiger partial charge in [-0.1, -0.05) is 17.9 Å². The molecule has 0 aliphatic carbocycles. The Kier molecular flexibility index (Phi) is 5.30. The fourth-order valence-corrected chi connectivity index (χ4v) is 2.35. The predicted octanol–water partition coefficient (Wildman–Crippen LogP) is 1.43. The third-order valence-corrected chi connectivity index (χ3v) is 3.51. The molecule has 1 amide bonds. The van der Waals surface area contributed by atoms with Gasteiger partial charge in [0.05, 0.1) is 12.1 Å². The average Bonchev–Trinajstić information content (AvgIpc) is 2.98. The van der Waals surface area contributed by atoms with Crippen LogP contribution >= 0.6 is 11.3 Å². The van der Waals surface area contributed by atoms with E-state index in [9.17, 15) is 4.79 Å².